The van der Waals surface area contributed by atoms with Gasteiger partial charge in [0.2, 0.25) is 0 Å². The predicted molar refractivity (Wildman–Crippen MR) is 100 cm³/mol. The molecule has 2 heterocycles. The summed E-state index contributed by atoms with van der Waals surface area (Å²) < 4.78 is 0. The lowest BCUT2D eigenvalue weighted by atomic mass is 10.2. The Hall–Kier alpha value is -2.18. The van der Waals surface area contributed by atoms with Gasteiger partial charge in [0.15, 0.2) is 6.54 Å². The molecule has 1 aromatic heterocycles. The van der Waals surface area contributed by atoms with Crippen LogP contribution < -0.4 is 10.2 Å². The zero-order chi connectivity index (χ0) is 17.8. The molecule has 132 valence electrons. The lowest BCUT2D eigenvalue weighted by molar-refractivity contribution is -0.910. The van der Waals surface area contributed by atoms with Crippen molar-refractivity contribution in [3.8, 4) is 0 Å². The van der Waals surface area contributed by atoms with E-state index in [9.17, 15) is 9.59 Å². The van der Waals surface area contributed by atoms with Crippen LogP contribution in [0.4, 0.5) is 5.69 Å². The molecule has 1 aliphatic rings. The first-order valence-corrected chi connectivity index (χ1v) is 9.42. The number of quaternary nitrogens is 1. The van der Waals surface area contributed by atoms with Gasteiger partial charge in [0.1, 0.15) is 6.04 Å². The van der Waals surface area contributed by atoms with Crippen molar-refractivity contribution in [3.05, 3.63) is 52.2 Å². The van der Waals surface area contributed by atoms with E-state index in [-0.39, 0.29) is 11.8 Å². The minimum atomic E-state index is -0.0434. The lowest BCUT2D eigenvalue weighted by Crippen LogP contribution is -3.11. The summed E-state index contributed by atoms with van der Waals surface area (Å²) >= 11 is 1.77. The smallest absolute Gasteiger partial charge is 0.279 e. The van der Waals surface area contributed by atoms with Gasteiger partial charge in [0.25, 0.3) is 11.8 Å². The first-order chi connectivity index (χ1) is 12.0. The van der Waals surface area contributed by atoms with E-state index in [2.05, 4.69) is 22.8 Å². The molecule has 2 atom stereocenters. The maximum absolute atomic E-state index is 12.4. The van der Waals surface area contributed by atoms with Crippen molar-refractivity contribution in [2.45, 2.75) is 18.9 Å². The highest BCUT2D eigenvalue weighted by molar-refractivity contribution is 7.10. The number of likely N-dealkylation sites (tertiary alicyclic amines) is 1. The number of hydrogen-bond donors (Lipinski definition) is 2. The quantitative estimate of drug-likeness (QED) is 0.856. The van der Waals surface area contributed by atoms with Crippen molar-refractivity contribution in [3.63, 3.8) is 0 Å². The van der Waals surface area contributed by atoms with Crippen LogP contribution in [0.5, 0.6) is 0 Å². The van der Waals surface area contributed by atoms with Crippen molar-refractivity contribution < 1.29 is 14.5 Å². The average Bonchev–Trinajstić information content (AvgIpc) is 3.25. The SMILES string of the molecule is CN(C)C(=O)c1ccc(NC(=O)C[NH+]2CCC[C@H]2c2cccs2)cc1. The van der Waals surface area contributed by atoms with E-state index < -0.39 is 0 Å². The average molecular weight is 358 g/mol. The number of carbonyl (C=O) groups is 2. The minimum absolute atomic E-state index is 0.0187. The van der Waals surface area contributed by atoms with Gasteiger partial charge < -0.3 is 15.1 Å². The molecule has 2 N–H and O–H groups in total. The number of hydrogen-bond acceptors (Lipinski definition) is 3. The summed E-state index contributed by atoms with van der Waals surface area (Å²) in [6.45, 7) is 1.51. The van der Waals surface area contributed by atoms with Gasteiger partial charge >= 0.3 is 0 Å². The van der Waals surface area contributed by atoms with Gasteiger partial charge in [-0.05, 0) is 35.7 Å². The summed E-state index contributed by atoms with van der Waals surface area (Å²) in [5.41, 5.74) is 1.34. The molecular weight excluding hydrogens is 334 g/mol. The summed E-state index contributed by atoms with van der Waals surface area (Å²) in [5.74, 6) is -0.0247. The molecular formula is C19H24N3O2S+. The number of nitrogens with one attached hydrogen (secondary N) is 2. The molecule has 0 aliphatic carbocycles. The second kappa shape index (κ2) is 7.80. The summed E-state index contributed by atoms with van der Waals surface area (Å²) in [7, 11) is 3.45. The molecule has 3 rings (SSSR count). The fourth-order valence-corrected chi connectivity index (χ4v) is 4.24. The Morgan fingerprint density at radius 3 is 2.64 bits per heavy atom. The molecule has 0 radical (unpaired) electrons. The van der Waals surface area contributed by atoms with Crippen molar-refractivity contribution in [2.75, 3.05) is 32.5 Å². The van der Waals surface area contributed by atoms with Gasteiger partial charge in [-0.2, -0.15) is 0 Å². The minimum Gasteiger partial charge on any atom is -0.345 e. The Balaban J connectivity index is 1.58. The van der Waals surface area contributed by atoms with Crippen LogP contribution in [-0.2, 0) is 4.79 Å². The normalized spacial score (nSPS) is 19.6. The maximum Gasteiger partial charge on any atom is 0.279 e. The maximum atomic E-state index is 12.4. The fourth-order valence-electron chi connectivity index (χ4n) is 3.32. The monoisotopic (exact) mass is 358 g/mol. The predicted octanol–water partition coefficient (Wildman–Crippen LogP) is 1.81. The highest BCUT2D eigenvalue weighted by atomic mass is 32.1. The van der Waals surface area contributed by atoms with E-state index in [0.717, 1.165) is 25.1 Å². The topological polar surface area (TPSA) is 53.9 Å². The highest BCUT2D eigenvalue weighted by Gasteiger charge is 2.32. The third-order valence-corrected chi connectivity index (χ3v) is 5.57. The van der Waals surface area contributed by atoms with E-state index in [0.29, 0.717) is 18.2 Å². The van der Waals surface area contributed by atoms with E-state index in [1.807, 2.05) is 0 Å². The van der Waals surface area contributed by atoms with Crippen LogP contribution in [0.2, 0.25) is 0 Å². The molecule has 5 nitrogen and oxygen atoms in total. The van der Waals surface area contributed by atoms with E-state index in [1.165, 1.54) is 14.7 Å². The summed E-state index contributed by atoms with van der Waals surface area (Å²) in [4.78, 5) is 28.5. The molecule has 1 unspecified atom stereocenters. The van der Waals surface area contributed by atoms with Gasteiger partial charge in [-0.3, -0.25) is 9.59 Å². The Kier molecular flexibility index (Phi) is 5.50. The zero-order valence-electron chi connectivity index (χ0n) is 14.6. The first-order valence-electron chi connectivity index (χ1n) is 8.54. The molecule has 6 heteroatoms. The third kappa shape index (κ3) is 4.27. The third-order valence-electron chi connectivity index (χ3n) is 4.58. The molecule has 1 saturated heterocycles. The van der Waals surface area contributed by atoms with Crippen LogP contribution in [0.15, 0.2) is 41.8 Å². The Morgan fingerprint density at radius 2 is 2.00 bits per heavy atom. The van der Waals surface area contributed by atoms with E-state index in [1.54, 1.807) is 49.7 Å². The van der Waals surface area contributed by atoms with Crippen LogP contribution in [0.25, 0.3) is 0 Å². The Morgan fingerprint density at radius 1 is 1.24 bits per heavy atom. The van der Waals surface area contributed by atoms with Crippen molar-refractivity contribution in [1.82, 2.24) is 4.90 Å². The molecule has 0 bridgehead atoms. The zero-order valence-corrected chi connectivity index (χ0v) is 15.4. The molecule has 0 spiro atoms. The van der Waals surface area contributed by atoms with E-state index >= 15 is 0 Å². The Bertz CT molecular complexity index is 726. The van der Waals surface area contributed by atoms with Crippen molar-refractivity contribution in [2.24, 2.45) is 0 Å². The van der Waals surface area contributed by atoms with Gasteiger partial charge in [0, 0.05) is 38.2 Å². The number of benzene rings is 1. The van der Waals surface area contributed by atoms with Crippen LogP contribution in [-0.4, -0.2) is 43.9 Å². The second-order valence-electron chi connectivity index (χ2n) is 6.62. The molecule has 2 aromatic rings. The summed E-state index contributed by atoms with van der Waals surface area (Å²) in [6, 6.07) is 11.7. The largest absolute Gasteiger partial charge is 0.345 e. The first kappa shape index (κ1) is 17.6. The number of rotatable bonds is 5. The number of thiophene rings is 1. The van der Waals surface area contributed by atoms with Gasteiger partial charge in [-0.15, -0.1) is 11.3 Å². The number of carbonyl (C=O) groups excluding carboxylic acids is 2. The number of amides is 2. The van der Waals surface area contributed by atoms with E-state index in [4.69, 9.17) is 0 Å². The molecule has 0 saturated carbocycles. The van der Waals surface area contributed by atoms with Crippen LogP contribution >= 0.6 is 11.3 Å². The summed E-state index contributed by atoms with van der Waals surface area (Å²) in [5, 5.41) is 5.05. The second-order valence-corrected chi connectivity index (χ2v) is 7.60. The van der Waals surface area contributed by atoms with Gasteiger partial charge in [0.05, 0.1) is 11.4 Å². The lowest BCUT2D eigenvalue weighted by Gasteiger charge is -2.20. The van der Waals surface area contributed by atoms with Gasteiger partial charge in [-0.25, -0.2) is 0 Å². The fraction of sp³-hybridized carbons (Fsp3) is 0.368. The molecule has 2 amide bonds. The number of nitrogens with zero attached hydrogens (tertiary/aromatic N) is 1. The van der Waals surface area contributed by atoms with Crippen LogP contribution in [0.3, 0.4) is 0 Å². The van der Waals surface area contributed by atoms with Crippen molar-refractivity contribution >= 4 is 28.8 Å². The van der Waals surface area contributed by atoms with Crippen molar-refractivity contribution in [1.29, 1.82) is 0 Å². The molecule has 25 heavy (non-hydrogen) atoms. The standard InChI is InChI=1S/C19H23N3O2S/c1-21(2)19(24)14-7-9-15(10-8-14)20-18(23)13-22-11-3-5-16(22)17-6-4-12-25-17/h4,6-10,12,16H,3,5,11,13H2,1-2H3,(H,20,23)/p+1/t16-/m0/s1. The van der Waals surface area contributed by atoms with Crippen LogP contribution in [0.1, 0.15) is 34.1 Å². The summed E-state index contributed by atoms with van der Waals surface area (Å²) in [6.07, 6.45) is 2.30. The number of anilines is 1. The Labute approximate surface area is 152 Å². The molecule has 1 aliphatic heterocycles. The molecule has 1 aromatic carbocycles. The highest BCUT2D eigenvalue weighted by Crippen LogP contribution is 2.23. The van der Waals surface area contributed by atoms with Gasteiger partial charge in [-0.1, -0.05) is 6.07 Å². The molecule has 1 fully saturated rings. The van der Waals surface area contributed by atoms with Crippen LogP contribution in [0, 0.1) is 0 Å².